The van der Waals surface area contributed by atoms with Crippen molar-refractivity contribution in [3.8, 4) is 0 Å². The standard InChI is InChI=1S/C16H24N2O/c1-11-7-8-13(17)12(2)14(11)18-15(19)16(3)9-5-4-6-10-16/h7-8H,4-6,9-10,17H2,1-3H3,(H,18,19). The zero-order valence-corrected chi connectivity index (χ0v) is 12.2. The van der Waals surface area contributed by atoms with Gasteiger partial charge in [0.1, 0.15) is 0 Å². The Hall–Kier alpha value is -1.51. The minimum Gasteiger partial charge on any atom is -0.398 e. The van der Waals surface area contributed by atoms with Gasteiger partial charge in [-0.15, -0.1) is 0 Å². The molecule has 19 heavy (non-hydrogen) atoms. The molecule has 0 unspecified atom stereocenters. The highest BCUT2D eigenvalue weighted by molar-refractivity contribution is 5.97. The Labute approximate surface area is 115 Å². The maximum Gasteiger partial charge on any atom is 0.230 e. The first-order valence-corrected chi connectivity index (χ1v) is 7.11. The smallest absolute Gasteiger partial charge is 0.230 e. The van der Waals surface area contributed by atoms with Crippen molar-refractivity contribution in [2.45, 2.75) is 52.9 Å². The Morgan fingerprint density at radius 2 is 1.84 bits per heavy atom. The van der Waals surface area contributed by atoms with Crippen molar-refractivity contribution in [3.05, 3.63) is 23.3 Å². The Bertz CT molecular complexity index is 488. The molecule has 1 aromatic rings. The van der Waals surface area contributed by atoms with E-state index in [9.17, 15) is 4.79 Å². The van der Waals surface area contributed by atoms with Crippen LogP contribution in [0.25, 0.3) is 0 Å². The molecule has 1 amide bonds. The van der Waals surface area contributed by atoms with Gasteiger partial charge in [-0.05, 0) is 43.9 Å². The van der Waals surface area contributed by atoms with Crippen LogP contribution in [0.1, 0.15) is 50.2 Å². The van der Waals surface area contributed by atoms with Gasteiger partial charge in [0.2, 0.25) is 5.91 Å². The van der Waals surface area contributed by atoms with E-state index in [-0.39, 0.29) is 11.3 Å². The van der Waals surface area contributed by atoms with E-state index in [0.29, 0.717) is 0 Å². The van der Waals surface area contributed by atoms with E-state index in [2.05, 4.69) is 12.2 Å². The molecule has 1 aliphatic carbocycles. The summed E-state index contributed by atoms with van der Waals surface area (Å²) in [5.74, 6) is 0.143. The number of aryl methyl sites for hydroxylation is 1. The lowest BCUT2D eigenvalue weighted by Gasteiger charge is -2.32. The second-order valence-electron chi connectivity index (χ2n) is 6.05. The van der Waals surface area contributed by atoms with Crippen LogP contribution in [-0.2, 0) is 4.79 Å². The first-order chi connectivity index (χ1) is 8.94. The van der Waals surface area contributed by atoms with E-state index in [1.165, 1.54) is 6.42 Å². The molecule has 1 saturated carbocycles. The van der Waals surface area contributed by atoms with E-state index < -0.39 is 0 Å². The van der Waals surface area contributed by atoms with Gasteiger partial charge in [0, 0.05) is 16.8 Å². The van der Waals surface area contributed by atoms with Crippen LogP contribution < -0.4 is 11.1 Å². The third-order valence-electron chi connectivity index (χ3n) is 4.46. The summed E-state index contributed by atoms with van der Waals surface area (Å²) < 4.78 is 0. The average Bonchev–Trinajstić information content (AvgIpc) is 2.40. The first-order valence-electron chi connectivity index (χ1n) is 7.11. The molecule has 0 radical (unpaired) electrons. The number of nitrogens with one attached hydrogen (secondary N) is 1. The van der Waals surface area contributed by atoms with Crippen LogP contribution in [0.3, 0.4) is 0 Å². The lowest BCUT2D eigenvalue weighted by molar-refractivity contribution is -0.126. The van der Waals surface area contributed by atoms with Crippen molar-refractivity contribution >= 4 is 17.3 Å². The van der Waals surface area contributed by atoms with Crippen molar-refractivity contribution in [3.63, 3.8) is 0 Å². The number of hydrogen-bond donors (Lipinski definition) is 2. The van der Waals surface area contributed by atoms with E-state index >= 15 is 0 Å². The Morgan fingerprint density at radius 3 is 2.47 bits per heavy atom. The number of anilines is 2. The number of carbonyl (C=O) groups excluding carboxylic acids is 1. The quantitative estimate of drug-likeness (QED) is 0.795. The summed E-state index contributed by atoms with van der Waals surface area (Å²) in [5, 5.41) is 3.11. The number of rotatable bonds is 2. The van der Waals surface area contributed by atoms with Gasteiger partial charge in [0.25, 0.3) is 0 Å². The summed E-state index contributed by atoms with van der Waals surface area (Å²) in [6.07, 6.45) is 5.52. The number of carbonyl (C=O) groups is 1. The van der Waals surface area contributed by atoms with Gasteiger partial charge in [-0.2, -0.15) is 0 Å². The lowest BCUT2D eigenvalue weighted by atomic mass is 9.75. The molecule has 3 nitrogen and oxygen atoms in total. The Balaban J connectivity index is 2.21. The molecular weight excluding hydrogens is 236 g/mol. The second-order valence-corrected chi connectivity index (χ2v) is 6.05. The Kier molecular flexibility index (Phi) is 3.83. The zero-order chi connectivity index (χ0) is 14.0. The SMILES string of the molecule is Cc1ccc(N)c(C)c1NC(=O)C1(C)CCCCC1. The van der Waals surface area contributed by atoms with Crippen LogP contribution in [0.2, 0.25) is 0 Å². The number of benzene rings is 1. The van der Waals surface area contributed by atoms with E-state index in [1.54, 1.807) is 0 Å². The molecular formula is C16H24N2O. The monoisotopic (exact) mass is 260 g/mol. The van der Waals surface area contributed by atoms with Crippen LogP contribution in [0.15, 0.2) is 12.1 Å². The number of nitrogen functional groups attached to an aromatic ring is 1. The summed E-state index contributed by atoms with van der Waals surface area (Å²) in [7, 11) is 0. The van der Waals surface area contributed by atoms with Crippen molar-refractivity contribution in [2.24, 2.45) is 5.41 Å². The van der Waals surface area contributed by atoms with Gasteiger partial charge in [-0.1, -0.05) is 32.3 Å². The minimum absolute atomic E-state index is 0.143. The van der Waals surface area contributed by atoms with Crippen LogP contribution >= 0.6 is 0 Å². The topological polar surface area (TPSA) is 55.1 Å². The van der Waals surface area contributed by atoms with Crippen molar-refractivity contribution < 1.29 is 4.79 Å². The highest BCUT2D eigenvalue weighted by Crippen LogP contribution is 2.37. The summed E-state index contributed by atoms with van der Waals surface area (Å²) >= 11 is 0. The molecule has 1 fully saturated rings. The maximum absolute atomic E-state index is 12.6. The van der Waals surface area contributed by atoms with Crippen molar-refractivity contribution in [1.29, 1.82) is 0 Å². The molecule has 2 rings (SSSR count). The molecule has 0 atom stereocenters. The lowest BCUT2D eigenvalue weighted by Crippen LogP contribution is -2.35. The molecule has 0 saturated heterocycles. The van der Waals surface area contributed by atoms with Gasteiger partial charge in [0.15, 0.2) is 0 Å². The summed E-state index contributed by atoms with van der Waals surface area (Å²) in [5.41, 5.74) is 9.36. The van der Waals surface area contributed by atoms with E-state index in [4.69, 9.17) is 5.73 Å². The van der Waals surface area contributed by atoms with Crippen LogP contribution in [0, 0.1) is 19.3 Å². The molecule has 1 aliphatic rings. The Morgan fingerprint density at radius 1 is 1.21 bits per heavy atom. The van der Waals surface area contributed by atoms with Gasteiger partial charge in [-0.25, -0.2) is 0 Å². The summed E-state index contributed by atoms with van der Waals surface area (Å²) in [6, 6.07) is 3.85. The molecule has 0 heterocycles. The fourth-order valence-electron chi connectivity index (χ4n) is 2.88. The molecule has 3 N–H and O–H groups in total. The van der Waals surface area contributed by atoms with Crippen molar-refractivity contribution in [2.75, 3.05) is 11.1 Å². The minimum atomic E-state index is -0.221. The molecule has 0 aromatic heterocycles. The van der Waals surface area contributed by atoms with E-state index in [0.717, 1.165) is 48.2 Å². The number of hydrogen-bond acceptors (Lipinski definition) is 2. The third-order valence-corrected chi connectivity index (χ3v) is 4.46. The highest BCUT2D eigenvalue weighted by Gasteiger charge is 2.34. The van der Waals surface area contributed by atoms with Crippen LogP contribution in [-0.4, -0.2) is 5.91 Å². The molecule has 104 valence electrons. The second kappa shape index (κ2) is 5.24. The number of nitrogens with two attached hydrogens (primary N) is 1. The fraction of sp³-hybridized carbons (Fsp3) is 0.562. The summed E-state index contributed by atoms with van der Waals surface area (Å²) in [6.45, 7) is 6.05. The normalized spacial score (nSPS) is 18.1. The molecule has 0 spiro atoms. The maximum atomic E-state index is 12.6. The highest BCUT2D eigenvalue weighted by atomic mass is 16.2. The fourth-order valence-corrected chi connectivity index (χ4v) is 2.88. The van der Waals surface area contributed by atoms with E-state index in [1.807, 2.05) is 26.0 Å². The van der Waals surface area contributed by atoms with Crippen LogP contribution in [0.4, 0.5) is 11.4 Å². The molecule has 3 heteroatoms. The van der Waals surface area contributed by atoms with Gasteiger partial charge in [-0.3, -0.25) is 4.79 Å². The zero-order valence-electron chi connectivity index (χ0n) is 12.2. The average molecular weight is 260 g/mol. The van der Waals surface area contributed by atoms with Crippen molar-refractivity contribution in [1.82, 2.24) is 0 Å². The van der Waals surface area contributed by atoms with Crippen LogP contribution in [0.5, 0.6) is 0 Å². The predicted octanol–water partition coefficient (Wildman–Crippen LogP) is 3.79. The van der Waals surface area contributed by atoms with Gasteiger partial charge < -0.3 is 11.1 Å². The molecule has 0 bridgehead atoms. The van der Waals surface area contributed by atoms with Gasteiger partial charge in [0.05, 0.1) is 0 Å². The van der Waals surface area contributed by atoms with Gasteiger partial charge >= 0.3 is 0 Å². The predicted molar refractivity (Wildman–Crippen MR) is 80.2 cm³/mol. The largest absolute Gasteiger partial charge is 0.398 e. The first kappa shape index (κ1) is 13.9. The molecule has 1 aromatic carbocycles. The summed E-state index contributed by atoms with van der Waals surface area (Å²) in [4.78, 5) is 12.6. The molecule has 0 aliphatic heterocycles. The third kappa shape index (κ3) is 2.75. The number of amides is 1.